The summed E-state index contributed by atoms with van der Waals surface area (Å²) in [6.07, 6.45) is -0.125. The fourth-order valence-electron chi connectivity index (χ4n) is 2.85. The highest BCUT2D eigenvalue weighted by molar-refractivity contribution is 7.80. The van der Waals surface area contributed by atoms with Crippen molar-refractivity contribution in [2.45, 2.75) is 31.8 Å². The normalized spacial score (nSPS) is 23.0. The molecule has 24 heavy (non-hydrogen) atoms. The molecule has 1 atom stereocenters. The molecule has 126 valence electrons. The lowest BCUT2D eigenvalue weighted by Crippen LogP contribution is -2.71. The van der Waals surface area contributed by atoms with Crippen LogP contribution in [0.2, 0.25) is 0 Å². The van der Waals surface area contributed by atoms with E-state index in [2.05, 4.69) is 10.6 Å². The number of rotatable bonds is 2. The van der Waals surface area contributed by atoms with Crippen molar-refractivity contribution in [3.8, 4) is 0 Å². The number of anilines is 1. The molecule has 2 N–H and O–H groups in total. The Labute approximate surface area is 142 Å². The third-order valence-corrected chi connectivity index (χ3v) is 4.33. The van der Waals surface area contributed by atoms with Gasteiger partial charge >= 0.3 is 0 Å². The van der Waals surface area contributed by atoms with Crippen molar-refractivity contribution >= 4 is 40.7 Å². The molecule has 0 spiro atoms. The average Bonchev–Trinajstić information content (AvgIpc) is 2.84. The number of carbonyl (C=O) groups excluding carboxylic acids is 3. The van der Waals surface area contributed by atoms with Crippen LogP contribution < -0.4 is 10.6 Å². The standard InChI is InChI=1S/C15H15FN4O3S/c1-15(2)13(23)18-14(24)19-11(21)7-10(20(15)19)12(22)17-9-5-3-4-8(16)6-9/h3-6,10H,7H2,1-2H3,(H,17,22)(H,18,23,24). The third-order valence-electron chi connectivity index (χ3n) is 4.05. The summed E-state index contributed by atoms with van der Waals surface area (Å²) in [6, 6.07) is 4.51. The van der Waals surface area contributed by atoms with E-state index in [1.54, 1.807) is 13.8 Å². The number of thiocarbonyl (C=S) groups is 1. The minimum Gasteiger partial charge on any atom is -0.325 e. The molecule has 0 aliphatic carbocycles. The number of amides is 3. The predicted octanol–water partition coefficient (Wildman–Crippen LogP) is 0.775. The number of hydrogen-bond acceptors (Lipinski definition) is 5. The lowest BCUT2D eigenvalue weighted by atomic mass is 10.00. The molecular formula is C15H15FN4O3S. The molecule has 9 heteroatoms. The number of fused-ring (bicyclic) bond motifs is 1. The first-order chi connectivity index (χ1) is 11.2. The molecule has 7 nitrogen and oxygen atoms in total. The van der Waals surface area contributed by atoms with Crippen molar-refractivity contribution in [3.05, 3.63) is 30.1 Å². The van der Waals surface area contributed by atoms with Crippen LogP contribution in [0.5, 0.6) is 0 Å². The Balaban J connectivity index is 1.90. The van der Waals surface area contributed by atoms with Gasteiger partial charge in [0.2, 0.25) is 17.7 Å². The van der Waals surface area contributed by atoms with Gasteiger partial charge in [-0.05, 0) is 44.3 Å². The minimum absolute atomic E-state index is 0.0506. The van der Waals surface area contributed by atoms with Gasteiger partial charge in [0.15, 0.2) is 5.11 Å². The smallest absolute Gasteiger partial charge is 0.248 e. The Morgan fingerprint density at radius 2 is 2.12 bits per heavy atom. The highest BCUT2D eigenvalue weighted by Crippen LogP contribution is 2.32. The van der Waals surface area contributed by atoms with Gasteiger partial charge in [-0.3, -0.25) is 19.7 Å². The van der Waals surface area contributed by atoms with Crippen molar-refractivity contribution < 1.29 is 18.8 Å². The SMILES string of the molecule is CC1(C)C(=O)NC(=S)N2C(=O)CC(C(=O)Nc3cccc(F)c3)N21. The molecular weight excluding hydrogens is 335 g/mol. The zero-order valence-electron chi connectivity index (χ0n) is 13.0. The number of benzene rings is 1. The predicted molar refractivity (Wildman–Crippen MR) is 86.9 cm³/mol. The second-order valence-electron chi connectivity index (χ2n) is 6.09. The van der Waals surface area contributed by atoms with Crippen molar-refractivity contribution in [3.63, 3.8) is 0 Å². The van der Waals surface area contributed by atoms with Crippen LogP contribution in [-0.4, -0.2) is 44.4 Å². The molecule has 0 saturated carbocycles. The van der Waals surface area contributed by atoms with Gasteiger partial charge in [0, 0.05) is 5.69 Å². The molecule has 1 unspecified atom stereocenters. The summed E-state index contributed by atoms with van der Waals surface area (Å²) in [5, 5.41) is 7.51. The first-order valence-electron chi connectivity index (χ1n) is 7.26. The summed E-state index contributed by atoms with van der Waals surface area (Å²) < 4.78 is 13.3. The molecule has 2 aliphatic rings. The largest absolute Gasteiger partial charge is 0.325 e. The Kier molecular flexibility index (Phi) is 3.84. The van der Waals surface area contributed by atoms with E-state index in [1.165, 1.54) is 29.3 Å². The zero-order valence-corrected chi connectivity index (χ0v) is 13.8. The second kappa shape index (κ2) is 5.60. The molecule has 1 aromatic carbocycles. The van der Waals surface area contributed by atoms with Crippen LogP contribution in [0.25, 0.3) is 0 Å². The van der Waals surface area contributed by atoms with E-state index < -0.39 is 29.2 Å². The topological polar surface area (TPSA) is 81.8 Å². The Morgan fingerprint density at radius 1 is 1.42 bits per heavy atom. The van der Waals surface area contributed by atoms with E-state index in [0.717, 1.165) is 5.01 Å². The number of carbonyl (C=O) groups is 3. The van der Waals surface area contributed by atoms with Crippen LogP contribution in [0.3, 0.4) is 0 Å². The lowest BCUT2D eigenvalue weighted by molar-refractivity contribution is -0.154. The second-order valence-corrected chi connectivity index (χ2v) is 6.47. The number of hydrazine groups is 1. The van der Waals surface area contributed by atoms with E-state index >= 15 is 0 Å². The molecule has 1 aromatic rings. The molecule has 0 radical (unpaired) electrons. The average molecular weight is 350 g/mol. The van der Waals surface area contributed by atoms with Crippen LogP contribution in [0, 0.1) is 5.82 Å². The summed E-state index contributed by atoms with van der Waals surface area (Å²) in [7, 11) is 0. The van der Waals surface area contributed by atoms with Crippen molar-refractivity contribution in [2.75, 3.05) is 5.32 Å². The number of nitrogens with zero attached hydrogens (tertiary/aromatic N) is 2. The fraction of sp³-hybridized carbons (Fsp3) is 0.333. The maximum absolute atomic E-state index is 13.3. The number of halogens is 1. The Morgan fingerprint density at radius 3 is 2.79 bits per heavy atom. The van der Waals surface area contributed by atoms with Gasteiger partial charge in [-0.25, -0.2) is 9.40 Å². The molecule has 0 bridgehead atoms. The molecule has 3 amide bonds. The van der Waals surface area contributed by atoms with Gasteiger partial charge in [0.1, 0.15) is 17.4 Å². The highest BCUT2D eigenvalue weighted by atomic mass is 32.1. The molecule has 0 aromatic heterocycles. The van der Waals surface area contributed by atoms with E-state index in [0.29, 0.717) is 0 Å². The van der Waals surface area contributed by atoms with Crippen LogP contribution >= 0.6 is 12.2 Å². The summed E-state index contributed by atoms with van der Waals surface area (Å²) in [6.45, 7) is 3.19. The number of nitrogens with one attached hydrogen (secondary N) is 2. The van der Waals surface area contributed by atoms with Gasteiger partial charge in [-0.2, -0.15) is 5.01 Å². The van der Waals surface area contributed by atoms with Crippen LogP contribution in [-0.2, 0) is 14.4 Å². The van der Waals surface area contributed by atoms with Crippen LogP contribution in [0.4, 0.5) is 10.1 Å². The quantitative estimate of drug-likeness (QED) is 0.770. The lowest BCUT2D eigenvalue weighted by Gasteiger charge is -2.45. The van der Waals surface area contributed by atoms with Crippen molar-refractivity contribution in [1.29, 1.82) is 0 Å². The molecule has 3 rings (SSSR count). The summed E-state index contributed by atoms with van der Waals surface area (Å²) in [4.78, 5) is 37.0. The van der Waals surface area contributed by atoms with Gasteiger partial charge < -0.3 is 5.32 Å². The summed E-state index contributed by atoms with van der Waals surface area (Å²) in [5.41, 5.74) is -0.869. The first kappa shape index (κ1) is 16.5. The van der Waals surface area contributed by atoms with Gasteiger partial charge in [0.25, 0.3) is 0 Å². The van der Waals surface area contributed by atoms with Gasteiger partial charge in [-0.1, -0.05) is 6.07 Å². The first-order valence-corrected chi connectivity index (χ1v) is 7.66. The molecule has 2 saturated heterocycles. The van der Waals surface area contributed by atoms with E-state index in [1.807, 2.05) is 0 Å². The Bertz CT molecular complexity index is 767. The molecule has 2 fully saturated rings. The van der Waals surface area contributed by atoms with Gasteiger partial charge in [-0.15, -0.1) is 0 Å². The van der Waals surface area contributed by atoms with Crippen molar-refractivity contribution in [2.24, 2.45) is 0 Å². The van der Waals surface area contributed by atoms with Crippen LogP contribution in [0.1, 0.15) is 20.3 Å². The maximum atomic E-state index is 13.3. The number of hydrogen-bond donors (Lipinski definition) is 2. The van der Waals surface area contributed by atoms with Crippen LogP contribution in [0.15, 0.2) is 24.3 Å². The molecule has 2 aliphatic heterocycles. The van der Waals surface area contributed by atoms with Crippen molar-refractivity contribution in [1.82, 2.24) is 15.3 Å². The maximum Gasteiger partial charge on any atom is 0.248 e. The monoisotopic (exact) mass is 350 g/mol. The fourth-order valence-corrected chi connectivity index (χ4v) is 3.13. The third kappa shape index (κ3) is 2.55. The van der Waals surface area contributed by atoms with Gasteiger partial charge in [0.05, 0.1) is 6.42 Å². The minimum atomic E-state index is -1.14. The van der Waals surface area contributed by atoms with E-state index in [4.69, 9.17) is 12.2 Å². The molecule has 2 heterocycles. The highest BCUT2D eigenvalue weighted by Gasteiger charge is 2.56. The zero-order chi connectivity index (χ0) is 17.6. The summed E-state index contributed by atoms with van der Waals surface area (Å²) >= 11 is 5.04. The van der Waals surface area contributed by atoms with E-state index in [9.17, 15) is 18.8 Å². The summed E-state index contributed by atoms with van der Waals surface area (Å²) in [5.74, 6) is -1.78. The van der Waals surface area contributed by atoms with E-state index in [-0.39, 0.29) is 23.1 Å². The Hall–Kier alpha value is -2.39.